The minimum atomic E-state index is -4.21. The maximum Gasteiger partial charge on any atom is 0.416 e. The number of hydrogen-bond donors (Lipinski definition) is 5. The van der Waals surface area contributed by atoms with Crippen molar-refractivity contribution in [1.29, 1.82) is 5.41 Å². The van der Waals surface area contributed by atoms with Gasteiger partial charge in [0.25, 0.3) is 0 Å². The molecule has 2 aromatic rings. The zero-order valence-corrected chi connectivity index (χ0v) is 19.8. The lowest BCUT2D eigenvalue weighted by Gasteiger charge is -2.08. The number of nitrogen functional groups attached to an aromatic ring is 1. The lowest BCUT2D eigenvalue weighted by atomic mass is 10.1. The van der Waals surface area contributed by atoms with Gasteiger partial charge in [-0.1, -0.05) is 75.4 Å². The summed E-state index contributed by atoms with van der Waals surface area (Å²) >= 11 is 0. The Labute approximate surface area is 198 Å². The number of halogens is 3. The van der Waals surface area contributed by atoms with E-state index in [1.54, 1.807) is 30.3 Å². The third kappa shape index (κ3) is 13.9. The Morgan fingerprint density at radius 1 is 0.912 bits per heavy atom. The number of hydrogen-bond acceptors (Lipinski definition) is 4. The van der Waals surface area contributed by atoms with Crippen molar-refractivity contribution in [3.63, 3.8) is 0 Å². The van der Waals surface area contributed by atoms with Crippen molar-refractivity contribution in [3.05, 3.63) is 71.3 Å². The first-order chi connectivity index (χ1) is 16.1. The Morgan fingerprint density at radius 2 is 1.47 bits per heavy atom. The number of benzene rings is 2. The van der Waals surface area contributed by atoms with Crippen molar-refractivity contribution in [3.8, 4) is 0 Å². The maximum absolute atomic E-state index is 11.8. The van der Waals surface area contributed by atoms with Crippen molar-refractivity contribution in [1.82, 2.24) is 16.0 Å². The number of carbonyl (C=O) groups excluding carboxylic acids is 2. The second-order valence-corrected chi connectivity index (χ2v) is 6.70. The lowest BCUT2D eigenvalue weighted by molar-refractivity contribution is -0.137. The highest BCUT2D eigenvalue weighted by molar-refractivity contribution is 5.94. The van der Waals surface area contributed by atoms with Gasteiger partial charge in [0, 0.05) is 12.1 Å². The number of rotatable bonds is 9. The van der Waals surface area contributed by atoms with Gasteiger partial charge in [-0.15, -0.1) is 0 Å². The molecule has 0 aliphatic rings. The van der Waals surface area contributed by atoms with Gasteiger partial charge in [0.1, 0.15) is 5.84 Å². The molecule has 2 amide bonds. The van der Waals surface area contributed by atoms with E-state index in [4.69, 9.17) is 11.1 Å². The van der Waals surface area contributed by atoms with E-state index in [9.17, 15) is 22.8 Å². The summed E-state index contributed by atoms with van der Waals surface area (Å²) in [7, 11) is 0. The number of carbonyl (C=O) groups is 2. The molecule has 0 aliphatic heterocycles. The van der Waals surface area contributed by atoms with Gasteiger partial charge in [-0.05, 0) is 18.5 Å². The first-order valence-electron chi connectivity index (χ1n) is 10.9. The Morgan fingerprint density at radius 3 is 1.94 bits per heavy atom. The van der Waals surface area contributed by atoms with E-state index in [0.717, 1.165) is 30.7 Å². The molecule has 2 aromatic carbocycles. The van der Waals surface area contributed by atoms with Crippen LogP contribution in [0.25, 0.3) is 0 Å². The smallest absolute Gasteiger partial charge is 0.384 e. The number of nitrogens with one attached hydrogen (secondary N) is 4. The molecule has 0 heterocycles. The highest BCUT2D eigenvalue weighted by Gasteiger charge is 2.29. The summed E-state index contributed by atoms with van der Waals surface area (Å²) < 4.78 is 35.4. The molecule has 6 N–H and O–H groups in total. The Bertz CT molecular complexity index is 857. The van der Waals surface area contributed by atoms with Crippen LogP contribution in [0.2, 0.25) is 0 Å². The van der Waals surface area contributed by atoms with Crippen molar-refractivity contribution in [2.24, 2.45) is 5.73 Å². The van der Waals surface area contributed by atoms with Crippen LogP contribution in [0, 0.1) is 5.41 Å². The zero-order valence-electron chi connectivity index (χ0n) is 19.8. The minimum Gasteiger partial charge on any atom is -0.384 e. The molecular weight excluding hydrogens is 447 g/mol. The minimum absolute atomic E-state index is 0.00924. The van der Waals surface area contributed by atoms with E-state index in [1.807, 2.05) is 20.8 Å². The Kier molecular flexibility index (Phi) is 15.4. The molecule has 0 radical (unpaired) electrons. The van der Waals surface area contributed by atoms with Crippen LogP contribution in [0.3, 0.4) is 0 Å². The molecule has 0 saturated heterocycles. The predicted molar refractivity (Wildman–Crippen MR) is 128 cm³/mol. The summed E-state index contributed by atoms with van der Waals surface area (Å²) in [6, 6.07) is 13.4. The van der Waals surface area contributed by atoms with Crippen LogP contribution in [0.5, 0.6) is 0 Å². The largest absolute Gasteiger partial charge is 0.416 e. The fourth-order valence-electron chi connectivity index (χ4n) is 2.31. The highest BCUT2D eigenvalue weighted by atomic mass is 19.4. The van der Waals surface area contributed by atoms with E-state index >= 15 is 0 Å². The van der Waals surface area contributed by atoms with E-state index in [-0.39, 0.29) is 30.7 Å². The molecule has 0 bridgehead atoms. The highest BCUT2D eigenvalue weighted by Crippen LogP contribution is 2.28. The normalized spacial score (nSPS) is 10.1. The summed E-state index contributed by atoms with van der Waals surface area (Å²) in [5.41, 5.74) is 6.30. The fraction of sp³-hybridized carbons (Fsp3) is 0.375. The van der Waals surface area contributed by atoms with Gasteiger partial charge in [0.15, 0.2) is 0 Å². The zero-order chi connectivity index (χ0) is 26.0. The molecular formula is C24H34F3N5O2. The molecule has 0 fully saturated rings. The SMILES string of the molecule is CC.CCCNCC(=O)NCC(=O)NCc1ccc(C(=N)N)cc1.FC(F)(F)c1ccccc1. The first kappa shape index (κ1) is 30.6. The van der Waals surface area contributed by atoms with Gasteiger partial charge in [0.2, 0.25) is 11.8 Å². The molecule has 188 valence electrons. The molecule has 2 rings (SSSR count). The topological polar surface area (TPSA) is 120 Å². The standard InChI is InChI=1S/C15H23N5O2.C7H5F3.C2H6/c1-2-7-18-9-13(21)20-10-14(22)19-8-11-3-5-12(6-4-11)15(16)17;8-7(9,10)6-4-2-1-3-5-6;1-2/h3-6,18H,2,7-10H2,1H3,(H3,16,17)(H,19,22)(H,20,21);1-5H;1-2H3. The predicted octanol–water partition coefficient (Wildman–Crippen LogP) is 3.43. The summed E-state index contributed by atoms with van der Waals surface area (Å²) in [6.45, 7) is 7.32. The third-order valence-electron chi connectivity index (χ3n) is 4.01. The molecule has 0 atom stereocenters. The number of amides is 2. The van der Waals surface area contributed by atoms with Gasteiger partial charge in [-0.2, -0.15) is 13.2 Å². The molecule has 0 spiro atoms. The summed E-state index contributed by atoms with van der Waals surface area (Å²) in [5, 5.41) is 15.5. The van der Waals surface area contributed by atoms with Gasteiger partial charge in [-0.3, -0.25) is 15.0 Å². The second kappa shape index (κ2) is 17.1. The quantitative estimate of drug-likeness (QED) is 0.214. The molecule has 34 heavy (non-hydrogen) atoms. The van der Waals surface area contributed by atoms with Crippen molar-refractivity contribution >= 4 is 17.6 Å². The van der Waals surface area contributed by atoms with Gasteiger partial charge >= 0.3 is 6.18 Å². The number of alkyl halides is 3. The molecule has 0 aliphatic carbocycles. The van der Waals surface area contributed by atoms with E-state index in [1.165, 1.54) is 12.1 Å². The Balaban J connectivity index is 0.000000753. The van der Waals surface area contributed by atoms with Crippen LogP contribution in [0.15, 0.2) is 54.6 Å². The molecule has 0 saturated carbocycles. The number of amidine groups is 1. The third-order valence-corrected chi connectivity index (χ3v) is 4.01. The van der Waals surface area contributed by atoms with Gasteiger partial charge in [-0.25, -0.2) is 0 Å². The average Bonchev–Trinajstić information content (AvgIpc) is 2.83. The van der Waals surface area contributed by atoms with Crippen molar-refractivity contribution < 1.29 is 22.8 Å². The van der Waals surface area contributed by atoms with Crippen LogP contribution in [0.1, 0.15) is 43.9 Å². The fourth-order valence-corrected chi connectivity index (χ4v) is 2.31. The molecule has 0 unspecified atom stereocenters. The second-order valence-electron chi connectivity index (χ2n) is 6.70. The van der Waals surface area contributed by atoms with Crippen LogP contribution in [0.4, 0.5) is 13.2 Å². The Hall–Kier alpha value is -3.40. The average molecular weight is 482 g/mol. The van der Waals surface area contributed by atoms with E-state index < -0.39 is 11.7 Å². The monoisotopic (exact) mass is 481 g/mol. The van der Waals surface area contributed by atoms with E-state index in [0.29, 0.717) is 12.1 Å². The van der Waals surface area contributed by atoms with Gasteiger partial charge in [0.05, 0.1) is 18.7 Å². The van der Waals surface area contributed by atoms with Crippen molar-refractivity contribution in [2.75, 3.05) is 19.6 Å². The number of nitrogens with two attached hydrogens (primary N) is 1. The molecule has 10 heteroatoms. The van der Waals surface area contributed by atoms with Gasteiger partial charge < -0.3 is 21.7 Å². The summed E-state index contributed by atoms with van der Waals surface area (Å²) in [6.07, 6.45) is -3.25. The van der Waals surface area contributed by atoms with Crippen LogP contribution in [-0.4, -0.2) is 37.3 Å². The maximum atomic E-state index is 11.8. The molecule has 7 nitrogen and oxygen atoms in total. The first-order valence-corrected chi connectivity index (χ1v) is 10.9. The van der Waals surface area contributed by atoms with Crippen LogP contribution >= 0.6 is 0 Å². The van der Waals surface area contributed by atoms with Crippen LogP contribution < -0.4 is 21.7 Å². The summed E-state index contributed by atoms with van der Waals surface area (Å²) in [4.78, 5) is 23.0. The van der Waals surface area contributed by atoms with E-state index in [2.05, 4.69) is 16.0 Å². The van der Waals surface area contributed by atoms with Crippen molar-refractivity contribution in [2.45, 2.75) is 39.9 Å². The van der Waals surface area contributed by atoms with Crippen LogP contribution in [-0.2, 0) is 22.3 Å². The lowest BCUT2D eigenvalue weighted by Crippen LogP contribution is -2.40. The summed E-state index contributed by atoms with van der Waals surface area (Å²) in [5.74, 6) is -0.441. The molecule has 0 aromatic heterocycles.